The third-order valence-electron chi connectivity index (χ3n) is 3.49. The number of nitrogens with zero attached hydrogens (tertiary/aromatic N) is 1. The van der Waals surface area contributed by atoms with Gasteiger partial charge in [-0.05, 0) is 24.1 Å². The van der Waals surface area contributed by atoms with E-state index >= 15 is 0 Å². The number of alkyl halides is 3. The number of carbonyl (C=O) groups is 1. The van der Waals surface area contributed by atoms with Crippen molar-refractivity contribution in [1.82, 2.24) is 9.97 Å². The minimum absolute atomic E-state index is 0.0698. The van der Waals surface area contributed by atoms with Gasteiger partial charge in [0, 0.05) is 12.1 Å². The van der Waals surface area contributed by atoms with E-state index in [2.05, 4.69) is 9.97 Å². The first-order valence-corrected chi connectivity index (χ1v) is 6.89. The van der Waals surface area contributed by atoms with Crippen LogP contribution >= 0.6 is 0 Å². The summed E-state index contributed by atoms with van der Waals surface area (Å²) in [6.07, 6.45) is -4.05. The van der Waals surface area contributed by atoms with Gasteiger partial charge in [-0.15, -0.1) is 0 Å². The van der Waals surface area contributed by atoms with Crippen molar-refractivity contribution in [2.45, 2.75) is 31.5 Å². The third kappa shape index (κ3) is 4.10. The lowest BCUT2D eigenvalue weighted by molar-refractivity contribution is -0.137. The van der Waals surface area contributed by atoms with Crippen LogP contribution in [0.3, 0.4) is 0 Å². The molecule has 1 amide bonds. The van der Waals surface area contributed by atoms with Crippen LogP contribution in [0.25, 0.3) is 0 Å². The average molecular weight is 327 g/mol. The number of nitrogens with two attached hydrogens (primary N) is 1. The summed E-state index contributed by atoms with van der Waals surface area (Å²) < 4.78 is 38.1. The maximum atomic E-state index is 12.7. The van der Waals surface area contributed by atoms with Gasteiger partial charge in [0.15, 0.2) is 0 Å². The summed E-state index contributed by atoms with van der Waals surface area (Å²) >= 11 is 0. The van der Waals surface area contributed by atoms with Gasteiger partial charge in [0.1, 0.15) is 11.5 Å². The minimum Gasteiger partial charge on any atom is -0.388 e. The number of aromatic nitrogens is 2. The predicted octanol–water partition coefficient (Wildman–Crippen LogP) is 2.75. The van der Waals surface area contributed by atoms with E-state index in [1.807, 2.05) is 0 Å². The predicted molar refractivity (Wildman–Crippen MR) is 76.5 cm³/mol. The Morgan fingerprint density at radius 3 is 2.70 bits per heavy atom. The van der Waals surface area contributed by atoms with Crippen molar-refractivity contribution < 1.29 is 23.1 Å². The number of rotatable bonds is 5. The number of aromatic amines is 1. The number of nitrogens with one attached hydrogen (secondary N) is 1. The monoisotopic (exact) mass is 327 g/mol. The Bertz CT molecular complexity index is 697. The molecule has 4 N–H and O–H groups in total. The van der Waals surface area contributed by atoms with Crippen LogP contribution in [0.5, 0.6) is 0 Å². The number of aliphatic hydroxyl groups is 1. The smallest absolute Gasteiger partial charge is 0.388 e. The van der Waals surface area contributed by atoms with Gasteiger partial charge in [-0.2, -0.15) is 13.2 Å². The number of amides is 1. The average Bonchev–Trinajstić information content (AvgIpc) is 2.96. The molecular weight excluding hydrogens is 311 g/mol. The Morgan fingerprint density at radius 1 is 1.43 bits per heavy atom. The molecule has 23 heavy (non-hydrogen) atoms. The van der Waals surface area contributed by atoms with Crippen LogP contribution in [-0.2, 0) is 6.18 Å². The van der Waals surface area contributed by atoms with E-state index in [0.717, 1.165) is 12.1 Å². The molecule has 0 bridgehead atoms. The van der Waals surface area contributed by atoms with Crippen molar-refractivity contribution in [3.8, 4) is 0 Å². The first kappa shape index (κ1) is 17.0. The van der Waals surface area contributed by atoms with Gasteiger partial charge in [0.05, 0.1) is 11.7 Å². The maximum absolute atomic E-state index is 12.7. The van der Waals surface area contributed by atoms with E-state index in [9.17, 15) is 23.1 Å². The Morgan fingerprint density at radius 2 is 2.13 bits per heavy atom. The van der Waals surface area contributed by atoms with E-state index in [1.165, 1.54) is 18.3 Å². The van der Waals surface area contributed by atoms with Gasteiger partial charge in [-0.25, -0.2) is 4.98 Å². The van der Waals surface area contributed by atoms with E-state index in [1.54, 1.807) is 6.92 Å². The van der Waals surface area contributed by atoms with E-state index in [0.29, 0.717) is 5.82 Å². The topological polar surface area (TPSA) is 92.0 Å². The van der Waals surface area contributed by atoms with Gasteiger partial charge < -0.3 is 15.8 Å². The number of halogens is 3. The van der Waals surface area contributed by atoms with Crippen LogP contribution in [0.2, 0.25) is 0 Å². The van der Waals surface area contributed by atoms with Gasteiger partial charge >= 0.3 is 6.18 Å². The molecule has 2 unspecified atom stereocenters. The van der Waals surface area contributed by atoms with Crippen molar-refractivity contribution in [3.63, 3.8) is 0 Å². The molecule has 124 valence electrons. The number of H-pyrrole nitrogens is 1. The van der Waals surface area contributed by atoms with Gasteiger partial charge in [0.25, 0.3) is 5.91 Å². The molecule has 2 aromatic rings. The largest absolute Gasteiger partial charge is 0.416 e. The maximum Gasteiger partial charge on any atom is 0.416 e. The first-order valence-electron chi connectivity index (χ1n) is 6.89. The molecule has 0 aliphatic carbocycles. The van der Waals surface area contributed by atoms with Crippen molar-refractivity contribution in [2.24, 2.45) is 5.73 Å². The van der Waals surface area contributed by atoms with Crippen LogP contribution < -0.4 is 5.73 Å². The summed E-state index contributed by atoms with van der Waals surface area (Å²) in [4.78, 5) is 17.8. The number of hydrogen-bond acceptors (Lipinski definition) is 3. The molecule has 0 aliphatic rings. The molecular formula is C15H16F3N3O2. The number of aliphatic hydroxyl groups excluding tert-OH is 1. The molecule has 0 radical (unpaired) electrons. The number of imidazole rings is 1. The van der Waals surface area contributed by atoms with Crippen LogP contribution in [0.15, 0.2) is 30.5 Å². The summed E-state index contributed by atoms with van der Waals surface area (Å²) in [7, 11) is 0. The molecule has 0 saturated carbocycles. The lowest BCUT2D eigenvalue weighted by atomic mass is 9.96. The van der Waals surface area contributed by atoms with Crippen LogP contribution in [-0.4, -0.2) is 21.0 Å². The highest BCUT2D eigenvalue weighted by molar-refractivity contribution is 5.90. The number of primary amides is 1. The minimum atomic E-state index is -4.46. The van der Waals surface area contributed by atoms with Gasteiger partial charge in [-0.3, -0.25) is 4.79 Å². The Kier molecular flexibility index (Phi) is 4.74. The first-order chi connectivity index (χ1) is 10.7. The Labute approximate surface area is 130 Å². The van der Waals surface area contributed by atoms with Crippen molar-refractivity contribution in [3.05, 3.63) is 53.1 Å². The summed E-state index contributed by atoms with van der Waals surface area (Å²) in [6.45, 7) is 1.74. The standard InChI is InChI=1S/C15H16F3N3O2/c1-8(14-20-7-11(21-14)13(19)23)5-12(22)9-3-2-4-10(6-9)15(16,17)18/h2-4,6-8,12,22H,5H2,1H3,(H2,19,23)(H,20,21). The summed E-state index contributed by atoms with van der Waals surface area (Å²) in [5, 5.41) is 10.2. The fraction of sp³-hybridized carbons (Fsp3) is 0.333. The Balaban J connectivity index is 2.11. The summed E-state index contributed by atoms with van der Waals surface area (Å²) in [6, 6.07) is 4.56. The third-order valence-corrected chi connectivity index (χ3v) is 3.49. The quantitative estimate of drug-likeness (QED) is 0.788. The molecule has 0 fully saturated rings. The number of benzene rings is 1. The highest BCUT2D eigenvalue weighted by Crippen LogP contribution is 2.32. The normalized spacial score (nSPS) is 14.5. The lowest BCUT2D eigenvalue weighted by Crippen LogP contribution is -2.12. The highest BCUT2D eigenvalue weighted by Gasteiger charge is 2.31. The van der Waals surface area contributed by atoms with E-state index < -0.39 is 23.8 Å². The zero-order valence-electron chi connectivity index (χ0n) is 12.3. The van der Waals surface area contributed by atoms with Crippen molar-refractivity contribution >= 4 is 5.91 Å². The molecule has 0 aliphatic heterocycles. The van der Waals surface area contributed by atoms with E-state index in [4.69, 9.17) is 5.73 Å². The van der Waals surface area contributed by atoms with Crippen LogP contribution in [0.4, 0.5) is 13.2 Å². The molecule has 1 aromatic carbocycles. The second kappa shape index (κ2) is 6.41. The molecule has 8 heteroatoms. The zero-order chi connectivity index (χ0) is 17.2. The second-order valence-electron chi connectivity index (χ2n) is 5.31. The van der Waals surface area contributed by atoms with Crippen LogP contribution in [0, 0.1) is 0 Å². The molecule has 5 nitrogen and oxygen atoms in total. The van der Waals surface area contributed by atoms with Gasteiger partial charge in [0.2, 0.25) is 0 Å². The fourth-order valence-electron chi connectivity index (χ4n) is 2.22. The fourth-order valence-corrected chi connectivity index (χ4v) is 2.22. The van der Waals surface area contributed by atoms with Crippen molar-refractivity contribution in [2.75, 3.05) is 0 Å². The second-order valence-corrected chi connectivity index (χ2v) is 5.31. The summed E-state index contributed by atoms with van der Waals surface area (Å²) in [5.74, 6) is -0.546. The molecule has 2 rings (SSSR count). The van der Waals surface area contributed by atoms with Crippen molar-refractivity contribution in [1.29, 1.82) is 0 Å². The van der Waals surface area contributed by atoms with E-state index in [-0.39, 0.29) is 23.6 Å². The SMILES string of the molecule is CC(CC(O)c1cccc(C(F)(F)F)c1)c1nc(C(N)=O)c[nH]1. The zero-order valence-corrected chi connectivity index (χ0v) is 12.3. The number of carbonyl (C=O) groups excluding carboxylic acids is 1. The Hall–Kier alpha value is -2.35. The molecule has 1 aromatic heterocycles. The lowest BCUT2D eigenvalue weighted by Gasteiger charge is -2.16. The summed E-state index contributed by atoms with van der Waals surface area (Å²) in [5.41, 5.74) is 4.53. The van der Waals surface area contributed by atoms with Crippen LogP contribution in [0.1, 0.15) is 52.8 Å². The van der Waals surface area contributed by atoms with Gasteiger partial charge in [-0.1, -0.05) is 19.1 Å². The molecule has 2 atom stereocenters. The molecule has 1 heterocycles. The number of hydrogen-bond donors (Lipinski definition) is 3. The highest BCUT2D eigenvalue weighted by atomic mass is 19.4. The molecule has 0 spiro atoms. The molecule has 0 saturated heterocycles.